The maximum absolute atomic E-state index is 13.0. The molecule has 0 aromatic heterocycles. The van der Waals surface area contributed by atoms with E-state index in [1.807, 2.05) is 12.1 Å². The quantitative estimate of drug-likeness (QED) is 0.558. The first kappa shape index (κ1) is 23.9. The molecule has 2 unspecified atom stereocenters. The summed E-state index contributed by atoms with van der Waals surface area (Å²) in [4.78, 5) is 15.0. The lowest BCUT2D eigenvalue weighted by atomic mass is 9.91. The number of nitrogens with one attached hydrogen (secondary N) is 1. The first-order valence-electron chi connectivity index (χ1n) is 10.3. The van der Waals surface area contributed by atoms with E-state index >= 15 is 0 Å². The van der Waals surface area contributed by atoms with Gasteiger partial charge in [-0.25, -0.2) is 0 Å². The summed E-state index contributed by atoms with van der Waals surface area (Å²) in [5.41, 5.74) is 1.00. The van der Waals surface area contributed by atoms with Gasteiger partial charge in [0.2, 0.25) is 0 Å². The van der Waals surface area contributed by atoms with Crippen LogP contribution < -0.4 is 5.32 Å². The van der Waals surface area contributed by atoms with Crippen LogP contribution >= 0.6 is 24.0 Å². The molecule has 0 spiro atoms. The number of rotatable bonds is 4. The maximum Gasteiger partial charge on any atom is 0.417 e. The van der Waals surface area contributed by atoms with Crippen LogP contribution in [-0.2, 0) is 12.7 Å². The molecule has 2 fully saturated rings. The van der Waals surface area contributed by atoms with Gasteiger partial charge in [0.05, 0.1) is 16.1 Å². The molecule has 0 aliphatic carbocycles. The van der Waals surface area contributed by atoms with Crippen LogP contribution in [0.2, 0.25) is 5.02 Å². The molecule has 2 aliphatic rings. The molecule has 0 bridgehead atoms. The number of alkyl halides is 3. The zero-order valence-electron chi connectivity index (χ0n) is 16.9. The summed E-state index contributed by atoms with van der Waals surface area (Å²) >= 11 is 5.84. The average molecular weight is 473 g/mol. The lowest BCUT2D eigenvalue weighted by Gasteiger charge is -2.38. The highest BCUT2D eigenvalue weighted by atomic mass is 35.5. The van der Waals surface area contributed by atoms with Gasteiger partial charge in [0.25, 0.3) is 5.91 Å². The van der Waals surface area contributed by atoms with Crippen molar-refractivity contribution >= 4 is 29.9 Å². The van der Waals surface area contributed by atoms with Crippen LogP contribution in [0.15, 0.2) is 42.5 Å². The van der Waals surface area contributed by atoms with Crippen molar-refractivity contribution in [3.05, 3.63) is 69.7 Å². The Balaban J connectivity index is 0.00000272. The summed E-state index contributed by atoms with van der Waals surface area (Å²) < 4.78 is 39.0. The van der Waals surface area contributed by atoms with Crippen molar-refractivity contribution in [2.24, 2.45) is 0 Å². The molecule has 0 radical (unpaired) electrons. The predicted molar refractivity (Wildman–Crippen MR) is 118 cm³/mol. The Morgan fingerprint density at radius 1 is 1.06 bits per heavy atom. The van der Waals surface area contributed by atoms with Gasteiger partial charge in [-0.3, -0.25) is 9.69 Å². The molecule has 2 heterocycles. The first-order valence-corrected chi connectivity index (χ1v) is 10.7. The summed E-state index contributed by atoms with van der Waals surface area (Å²) in [7, 11) is 0. The van der Waals surface area contributed by atoms with Crippen molar-refractivity contribution in [2.75, 3.05) is 6.54 Å². The zero-order chi connectivity index (χ0) is 21.3. The van der Waals surface area contributed by atoms with E-state index in [0.29, 0.717) is 12.1 Å². The number of amides is 1. The molecule has 2 saturated heterocycles. The van der Waals surface area contributed by atoms with E-state index in [1.54, 1.807) is 0 Å². The van der Waals surface area contributed by atoms with Gasteiger partial charge in [0.15, 0.2) is 0 Å². The minimum Gasteiger partial charge on any atom is -0.348 e. The van der Waals surface area contributed by atoms with Crippen molar-refractivity contribution < 1.29 is 18.0 Å². The number of carbonyl (C=O) groups excluding carboxylic acids is 1. The predicted octanol–water partition coefficient (Wildman–Crippen LogP) is 6.40. The van der Waals surface area contributed by atoms with Gasteiger partial charge >= 0.3 is 6.18 Å². The van der Waals surface area contributed by atoms with Gasteiger partial charge < -0.3 is 5.32 Å². The molecule has 0 saturated carbocycles. The number of nitrogens with zero attached hydrogens (tertiary/aromatic N) is 1. The van der Waals surface area contributed by atoms with E-state index in [9.17, 15) is 18.0 Å². The highest BCUT2D eigenvalue weighted by Crippen LogP contribution is 2.39. The summed E-state index contributed by atoms with van der Waals surface area (Å²) in [6.45, 7) is 1.38. The second-order valence-electron chi connectivity index (χ2n) is 8.07. The largest absolute Gasteiger partial charge is 0.417 e. The van der Waals surface area contributed by atoms with Crippen LogP contribution in [0.25, 0.3) is 0 Å². The second-order valence-corrected chi connectivity index (χ2v) is 8.45. The number of hydrogen-bond acceptors (Lipinski definition) is 2. The minimum absolute atomic E-state index is 0. The Labute approximate surface area is 191 Å². The average Bonchev–Trinajstić information content (AvgIpc) is 3.21. The molecule has 1 amide bonds. The van der Waals surface area contributed by atoms with E-state index in [2.05, 4.69) is 22.3 Å². The van der Waals surface area contributed by atoms with E-state index in [1.165, 1.54) is 49.8 Å². The molecular weight excluding hydrogens is 448 g/mol. The molecule has 168 valence electrons. The van der Waals surface area contributed by atoms with Crippen LogP contribution in [-0.4, -0.2) is 23.4 Å². The number of fused-ring (bicyclic) bond motifs is 1. The highest BCUT2D eigenvalue weighted by molar-refractivity contribution is 6.34. The Morgan fingerprint density at radius 2 is 1.77 bits per heavy atom. The fourth-order valence-electron chi connectivity index (χ4n) is 4.71. The van der Waals surface area contributed by atoms with Crippen LogP contribution in [0.4, 0.5) is 13.2 Å². The van der Waals surface area contributed by atoms with Crippen molar-refractivity contribution in [1.29, 1.82) is 0 Å². The van der Waals surface area contributed by atoms with E-state index in [-0.39, 0.29) is 24.5 Å². The zero-order valence-corrected chi connectivity index (χ0v) is 18.5. The normalized spacial score (nSPS) is 21.3. The summed E-state index contributed by atoms with van der Waals surface area (Å²) in [5, 5.41) is 2.10. The SMILES string of the molecule is Cl.O=C(NCc1ccc(C2CCCC3CCCN32)cc1)c1cccc(C(F)(F)F)c1Cl. The van der Waals surface area contributed by atoms with Crippen molar-refractivity contribution in [1.82, 2.24) is 10.2 Å². The van der Waals surface area contributed by atoms with Gasteiger partial charge in [-0.1, -0.05) is 41.9 Å². The van der Waals surface area contributed by atoms with Crippen LogP contribution in [0.5, 0.6) is 0 Å². The lowest BCUT2D eigenvalue weighted by Crippen LogP contribution is -2.37. The molecule has 2 aliphatic heterocycles. The van der Waals surface area contributed by atoms with Gasteiger partial charge in [-0.2, -0.15) is 13.2 Å². The standard InChI is InChI=1S/C23H24ClF3N2O.ClH/c24-21-18(6-2-7-19(21)23(25,26)27)22(30)28-14-15-9-11-16(12-10-15)20-8-1-4-17-5-3-13-29(17)20;/h2,6-7,9-12,17,20H,1,3-5,8,13-14H2,(H,28,30);1H. The Kier molecular flexibility index (Phi) is 7.55. The number of hydrogen-bond donors (Lipinski definition) is 1. The van der Waals surface area contributed by atoms with E-state index in [4.69, 9.17) is 11.6 Å². The monoisotopic (exact) mass is 472 g/mol. The first-order chi connectivity index (χ1) is 14.3. The number of halogens is 5. The second kappa shape index (κ2) is 9.80. The van der Waals surface area contributed by atoms with Crippen molar-refractivity contribution in [2.45, 2.75) is 56.9 Å². The highest BCUT2D eigenvalue weighted by Gasteiger charge is 2.35. The number of piperidine rings is 1. The molecule has 3 nitrogen and oxygen atoms in total. The molecule has 31 heavy (non-hydrogen) atoms. The lowest BCUT2D eigenvalue weighted by molar-refractivity contribution is -0.137. The van der Waals surface area contributed by atoms with Crippen LogP contribution in [0.3, 0.4) is 0 Å². The smallest absolute Gasteiger partial charge is 0.348 e. The van der Waals surface area contributed by atoms with Crippen LogP contribution in [0, 0.1) is 0 Å². The van der Waals surface area contributed by atoms with Gasteiger partial charge in [-0.15, -0.1) is 12.4 Å². The summed E-state index contributed by atoms with van der Waals surface area (Å²) in [5.74, 6) is -0.623. The fourth-order valence-corrected chi connectivity index (χ4v) is 5.03. The van der Waals surface area contributed by atoms with Crippen molar-refractivity contribution in [3.8, 4) is 0 Å². The molecular formula is C23H25Cl2F3N2O. The number of benzene rings is 2. The fraction of sp³-hybridized carbons (Fsp3) is 0.435. The Morgan fingerprint density at radius 3 is 2.48 bits per heavy atom. The third-order valence-corrected chi connectivity index (χ3v) is 6.61. The molecule has 8 heteroatoms. The third-order valence-electron chi connectivity index (χ3n) is 6.20. The Hall–Kier alpha value is -1.76. The Bertz CT molecular complexity index is 918. The van der Waals surface area contributed by atoms with Crippen molar-refractivity contribution in [3.63, 3.8) is 0 Å². The van der Waals surface area contributed by atoms with Crippen LogP contribution in [0.1, 0.15) is 65.2 Å². The molecule has 1 N–H and O–H groups in total. The molecule has 2 atom stereocenters. The van der Waals surface area contributed by atoms with E-state index in [0.717, 1.165) is 18.2 Å². The molecule has 4 rings (SSSR count). The summed E-state index contributed by atoms with van der Waals surface area (Å²) in [6, 6.07) is 12.7. The maximum atomic E-state index is 13.0. The van der Waals surface area contributed by atoms with Gasteiger partial charge in [0.1, 0.15) is 0 Å². The van der Waals surface area contributed by atoms with Gasteiger partial charge in [-0.05, 0) is 61.9 Å². The van der Waals surface area contributed by atoms with E-state index < -0.39 is 22.7 Å². The van der Waals surface area contributed by atoms with Gasteiger partial charge in [0, 0.05) is 18.6 Å². The third kappa shape index (κ3) is 5.18. The summed E-state index contributed by atoms with van der Waals surface area (Å²) in [6.07, 6.45) is 1.67. The minimum atomic E-state index is -4.60. The molecule has 2 aromatic carbocycles. The topological polar surface area (TPSA) is 32.3 Å². The molecule has 2 aromatic rings. The number of carbonyl (C=O) groups is 1.